The number of aryl methyl sites for hydroxylation is 1. The van der Waals surface area contributed by atoms with Crippen LogP contribution in [0.5, 0.6) is 0 Å². The van der Waals surface area contributed by atoms with Crippen molar-refractivity contribution in [2.24, 2.45) is 0 Å². The largest absolute Gasteiger partial charge is 0.353 e. The van der Waals surface area contributed by atoms with E-state index in [1.807, 2.05) is 81.4 Å². The Morgan fingerprint density at radius 3 is 2.51 bits per heavy atom. The summed E-state index contributed by atoms with van der Waals surface area (Å²) in [7, 11) is 3.87. The van der Waals surface area contributed by atoms with Crippen molar-refractivity contribution in [2.75, 3.05) is 44.4 Å². The summed E-state index contributed by atoms with van der Waals surface area (Å²) in [6, 6.07) is 22.3. The van der Waals surface area contributed by atoms with Crippen LogP contribution in [0.25, 0.3) is 16.9 Å². The first-order chi connectivity index (χ1) is 19.8. The quantitative estimate of drug-likeness (QED) is 0.317. The number of fused-ring (bicyclic) bond motifs is 1. The highest BCUT2D eigenvalue weighted by Gasteiger charge is 2.38. The first-order valence-corrected chi connectivity index (χ1v) is 14.6. The van der Waals surface area contributed by atoms with Crippen LogP contribution in [0.1, 0.15) is 27.5 Å². The fourth-order valence-corrected chi connectivity index (χ4v) is 6.23. The average Bonchev–Trinajstić information content (AvgIpc) is 3.28. The van der Waals surface area contributed by atoms with Crippen LogP contribution in [0.3, 0.4) is 0 Å². The molecule has 1 unspecified atom stereocenters. The van der Waals surface area contributed by atoms with Crippen molar-refractivity contribution in [1.29, 1.82) is 0 Å². The molecule has 0 saturated heterocycles. The number of halogens is 1. The number of hydrogen-bond acceptors (Lipinski definition) is 5. The summed E-state index contributed by atoms with van der Waals surface area (Å²) in [4.78, 5) is 30.5. The molecule has 3 aromatic carbocycles. The molecule has 4 aromatic rings. The summed E-state index contributed by atoms with van der Waals surface area (Å²) in [5, 5.41) is 7.52. The number of benzene rings is 3. The molecule has 2 heterocycles. The van der Waals surface area contributed by atoms with E-state index in [1.165, 1.54) is 22.7 Å². The van der Waals surface area contributed by atoms with E-state index in [1.54, 1.807) is 22.9 Å². The molecular formula is C32H34FN5O2S. The van der Waals surface area contributed by atoms with Gasteiger partial charge in [-0.05, 0) is 51.2 Å². The number of anilines is 1. The molecule has 2 amide bonds. The molecule has 0 saturated carbocycles. The van der Waals surface area contributed by atoms with Gasteiger partial charge >= 0.3 is 0 Å². The summed E-state index contributed by atoms with van der Waals surface area (Å²) < 4.78 is 17.2. The van der Waals surface area contributed by atoms with Crippen molar-refractivity contribution in [3.63, 3.8) is 0 Å². The summed E-state index contributed by atoms with van der Waals surface area (Å²) in [6.07, 6.45) is 0. The monoisotopic (exact) mass is 571 g/mol. The zero-order chi connectivity index (χ0) is 29.1. The van der Waals surface area contributed by atoms with Crippen LogP contribution >= 0.6 is 11.8 Å². The Kier molecular flexibility index (Phi) is 8.56. The third-order valence-corrected chi connectivity index (χ3v) is 8.55. The maximum Gasteiger partial charge on any atom is 0.240 e. The molecule has 0 fully saturated rings. The summed E-state index contributed by atoms with van der Waals surface area (Å²) in [5.41, 5.74) is 5.55. The lowest BCUT2D eigenvalue weighted by Crippen LogP contribution is -2.43. The molecule has 1 aliphatic heterocycles. The molecule has 0 spiro atoms. The van der Waals surface area contributed by atoms with Crippen molar-refractivity contribution in [3.05, 3.63) is 101 Å². The molecular weight excluding hydrogens is 537 g/mol. The van der Waals surface area contributed by atoms with Gasteiger partial charge in [0.25, 0.3) is 0 Å². The third-order valence-electron chi connectivity index (χ3n) is 7.31. The Balaban J connectivity index is 1.76. The highest BCUT2D eigenvalue weighted by Crippen LogP contribution is 2.49. The molecule has 0 radical (unpaired) electrons. The van der Waals surface area contributed by atoms with Crippen LogP contribution in [0.2, 0.25) is 0 Å². The van der Waals surface area contributed by atoms with Crippen LogP contribution in [0.4, 0.5) is 10.2 Å². The minimum atomic E-state index is -0.522. The minimum Gasteiger partial charge on any atom is -0.353 e. The van der Waals surface area contributed by atoms with Gasteiger partial charge in [-0.3, -0.25) is 14.5 Å². The lowest BCUT2D eigenvalue weighted by Gasteiger charge is -2.24. The van der Waals surface area contributed by atoms with Crippen molar-refractivity contribution in [2.45, 2.75) is 19.1 Å². The SMILES string of the molecule is Cc1cccc(-n2nc(-c3ccccc3)c3c2N(CC(=O)NCCN(C)C)C(=O)CSC3c2ccccc2F)c1C. The lowest BCUT2D eigenvalue weighted by molar-refractivity contribution is -0.122. The van der Waals surface area contributed by atoms with E-state index in [4.69, 9.17) is 5.10 Å². The number of nitrogens with zero attached hydrogens (tertiary/aromatic N) is 4. The van der Waals surface area contributed by atoms with E-state index in [0.717, 1.165) is 22.4 Å². The molecule has 0 bridgehead atoms. The molecule has 1 aromatic heterocycles. The van der Waals surface area contributed by atoms with Crippen LogP contribution in [-0.2, 0) is 9.59 Å². The maximum atomic E-state index is 15.4. The first kappa shape index (κ1) is 28.6. The maximum absolute atomic E-state index is 15.4. The molecule has 41 heavy (non-hydrogen) atoms. The average molecular weight is 572 g/mol. The van der Waals surface area contributed by atoms with Crippen molar-refractivity contribution < 1.29 is 14.0 Å². The van der Waals surface area contributed by atoms with Crippen molar-refractivity contribution in [3.8, 4) is 16.9 Å². The van der Waals surface area contributed by atoms with E-state index >= 15 is 4.39 Å². The number of aromatic nitrogens is 2. The number of thioether (sulfide) groups is 1. The Morgan fingerprint density at radius 1 is 1.05 bits per heavy atom. The molecule has 9 heteroatoms. The second-order valence-electron chi connectivity index (χ2n) is 10.4. The Hall–Kier alpha value is -3.95. The minimum absolute atomic E-state index is 0.0830. The van der Waals surface area contributed by atoms with Crippen molar-refractivity contribution >= 4 is 29.4 Å². The first-order valence-electron chi connectivity index (χ1n) is 13.6. The highest BCUT2D eigenvalue weighted by atomic mass is 32.2. The fourth-order valence-electron chi connectivity index (χ4n) is 5.01. The standard InChI is InChI=1S/C32H34FN5O2S/c1-21-11-10-16-26(22(21)2)38-32-29(30(35-38)23-12-6-5-7-13-23)31(24-14-8-9-15-25(24)33)41-20-28(40)37(32)19-27(39)34-17-18-36(3)4/h5-16,31H,17-20H2,1-4H3,(H,34,39). The molecule has 1 atom stereocenters. The lowest BCUT2D eigenvalue weighted by atomic mass is 9.99. The smallest absolute Gasteiger partial charge is 0.240 e. The summed E-state index contributed by atoms with van der Waals surface area (Å²) >= 11 is 1.36. The van der Waals surface area contributed by atoms with Gasteiger partial charge in [-0.25, -0.2) is 9.07 Å². The predicted octanol–water partition coefficient (Wildman–Crippen LogP) is 5.14. The molecule has 1 aliphatic rings. The van der Waals surface area contributed by atoms with E-state index in [0.29, 0.717) is 35.7 Å². The van der Waals surface area contributed by atoms with Gasteiger partial charge in [0.2, 0.25) is 11.8 Å². The van der Waals surface area contributed by atoms with Crippen LogP contribution < -0.4 is 10.2 Å². The number of nitrogens with one attached hydrogen (secondary N) is 1. The van der Waals surface area contributed by atoms with Gasteiger partial charge < -0.3 is 10.2 Å². The van der Waals surface area contributed by atoms with Crippen molar-refractivity contribution in [1.82, 2.24) is 20.0 Å². The van der Waals surface area contributed by atoms with Crippen LogP contribution in [0, 0.1) is 19.7 Å². The topological polar surface area (TPSA) is 70.5 Å². The van der Waals surface area contributed by atoms with Gasteiger partial charge in [0.1, 0.15) is 18.2 Å². The van der Waals surface area contributed by atoms with Gasteiger partial charge in [0, 0.05) is 29.8 Å². The molecule has 7 nitrogen and oxygen atoms in total. The molecule has 5 rings (SSSR count). The van der Waals surface area contributed by atoms with Crippen LogP contribution in [0.15, 0.2) is 72.8 Å². The fraction of sp³-hybridized carbons (Fsp3) is 0.281. The van der Waals surface area contributed by atoms with E-state index in [9.17, 15) is 9.59 Å². The summed E-state index contributed by atoms with van der Waals surface area (Å²) in [6.45, 7) is 5.00. The second kappa shape index (κ2) is 12.3. The third kappa shape index (κ3) is 5.92. The number of amides is 2. The Labute approximate surface area is 244 Å². The molecule has 1 N–H and O–H groups in total. The molecule has 0 aliphatic carbocycles. The number of hydrogen-bond donors (Lipinski definition) is 1. The molecule has 212 valence electrons. The number of carbonyl (C=O) groups excluding carboxylic acids is 2. The predicted molar refractivity (Wildman–Crippen MR) is 163 cm³/mol. The Bertz CT molecular complexity index is 1570. The van der Waals surface area contributed by atoms with Gasteiger partial charge in [-0.1, -0.05) is 60.7 Å². The van der Waals surface area contributed by atoms with Crippen LogP contribution in [-0.4, -0.2) is 66.0 Å². The second-order valence-corrected chi connectivity index (χ2v) is 11.5. The van der Waals surface area contributed by atoms with E-state index in [2.05, 4.69) is 5.32 Å². The zero-order valence-corrected chi connectivity index (χ0v) is 24.5. The Morgan fingerprint density at radius 2 is 1.78 bits per heavy atom. The highest BCUT2D eigenvalue weighted by molar-refractivity contribution is 8.00. The normalized spacial score (nSPS) is 15.1. The van der Waals surface area contributed by atoms with Gasteiger partial charge in [-0.15, -0.1) is 11.8 Å². The van der Waals surface area contributed by atoms with Gasteiger partial charge in [0.15, 0.2) is 0 Å². The van der Waals surface area contributed by atoms with E-state index in [-0.39, 0.29) is 29.9 Å². The van der Waals surface area contributed by atoms with E-state index < -0.39 is 5.25 Å². The van der Waals surface area contributed by atoms with Gasteiger partial charge in [-0.2, -0.15) is 5.10 Å². The number of rotatable bonds is 8. The summed E-state index contributed by atoms with van der Waals surface area (Å²) in [5.74, 6) is -0.278. The van der Waals surface area contributed by atoms with Gasteiger partial charge in [0.05, 0.1) is 22.4 Å². The number of likely N-dealkylation sites (N-methyl/N-ethyl adjacent to an activating group) is 1. The zero-order valence-electron chi connectivity index (χ0n) is 23.7. The number of carbonyl (C=O) groups is 2.